The Morgan fingerprint density at radius 1 is 0.867 bits per heavy atom. The maximum absolute atomic E-state index is 9.09. The van der Waals surface area contributed by atoms with Gasteiger partial charge in [0.05, 0.1) is 12.0 Å². The summed E-state index contributed by atoms with van der Waals surface area (Å²) in [6, 6.07) is 16.5. The molecule has 76 valence electrons. The summed E-state index contributed by atoms with van der Waals surface area (Å²) < 4.78 is 5.47. The Hall–Kier alpha value is -1.61. The van der Waals surface area contributed by atoms with Crippen LogP contribution in [-0.4, -0.2) is 5.11 Å². The van der Waals surface area contributed by atoms with Gasteiger partial charge in [-0.3, -0.25) is 0 Å². The maximum atomic E-state index is 9.09. The molecule has 0 aromatic heterocycles. The van der Waals surface area contributed by atoms with Gasteiger partial charge in [-0.05, 0) is 36.4 Å². The van der Waals surface area contributed by atoms with E-state index in [0.29, 0.717) is 0 Å². The molecule has 1 N–H and O–H groups in total. The third kappa shape index (κ3) is 2.92. The minimum absolute atomic E-state index is 0.263. The van der Waals surface area contributed by atoms with Crippen LogP contribution in [-0.2, 0) is 0 Å². The topological polar surface area (TPSA) is 29.5 Å². The normalized spacial score (nSPS) is 9.87. The number of phenolic OH excluding ortho intramolecular Hbond substituents is 1. The van der Waals surface area contributed by atoms with E-state index in [1.807, 2.05) is 42.5 Å². The number of phenols is 1. The molecule has 0 heterocycles. The van der Waals surface area contributed by atoms with Crippen molar-refractivity contribution < 1.29 is 9.29 Å². The smallest absolute Gasteiger partial charge is 0.137 e. The van der Waals surface area contributed by atoms with Crippen LogP contribution in [0.15, 0.2) is 59.5 Å². The van der Waals surface area contributed by atoms with Gasteiger partial charge in [0.2, 0.25) is 0 Å². The lowest BCUT2D eigenvalue weighted by molar-refractivity contribution is 0.475. The van der Waals surface area contributed by atoms with Gasteiger partial charge in [-0.1, -0.05) is 18.2 Å². The molecule has 0 aliphatic carbocycles. The lowest BCUT2D eigenvalue weighted by Gasteiger charge is -2.03. The van der Waals surface area contributed by atoms with Gasteiger partial charge in [0.25, 0.3) is 0 Å². The molecule has 0 saturated heterocycles. The highest BCUT2D eigenvalue weighted by Gasteiger charge is 1.96. The number of rotatable bonds is 3. The van der Waals surface area contributed by atoms with Crippen molar-refractivity contribution in [1.82, 2.24) is 0 Å². The minimum atomic E-state index is 0.263. The summed E-state index contributed by atoms with van der Waals surface area (Å²) in [6.07, 6.45) is 0. The van der Waals surface area contributed by atoms with Gasteiger partial charge in [0, 0.05) is 4.90 Å². The highest BCUT2D eigenvalue weighted by molar-refractivity contribution is 7.95. The molecule has 0 spiro atoms. The van der Waals surface area contributed by atoms with Crippen molar-refractivity contribution >= 4 is 12.0 Å². The van der Waals surface area contributed by atoms with E-state index in [-0.39, 0.29) is 5.75 Å². The zero-order valence-electron chi connectivity index (χ0n) is 7.96. The van der Waals surface area contributed by atoms with Crippen molar-refractivity contribution in [2.45, 2.75) is 4.90 Å². The van der Waals surface area contributed by atoms with Crippen LogP contribution in [0, 0.1) is 0 Å². The van der Waals surface area contributed by atoms with Gasteiger partial charge < -0.3 is 9.29 Å². The molecule has 2 rings (SSSR count). The SMILES string of the molecule is Oc1ccc(SOc2ccccc2)cc1. The van der Waals surface area contributed by atoms with Crippen molar-refractivity contribution in [2.75, 3.05) is 0 Å². The van der Waals surface area contributed by atoms with E-state index in [1.54, 1.807) is 12.1 Å². The number of hydrogen-bond donors (Lipinski definition) is 1. The number of para-hydroxylation sites is 1. The standard InChI is InChI=1S/C12H10O2S/c13-10-6-8-12(9-7-10)15-14-11-4-2-1-3-5-11/h1-9,13H. The molecule has 0 aliphatic rings. The highest BCUT2D eigenvalue weighted by Crippen LogP contribution is 2.24. The van der Waals surface area contributed by atoms with E-state index >= 15 is 0 Å². The van der Waals surface area contributed by atoms with Crippen molar-refractivity contribution in [2.24, 2.45) is 0 Å². The summed E-state index contributed by atoms with van der Waals surface area (Å²) >= 11 is 1.27. The molecule has 15 heavy (non-hydrogen) atoms. The molecular formula is C12H10O2S. The molecule has 3 heteroatoms. The van der Waals surface area contributed by atoms with Gasteiger partial charge in [0.15, 0.2) is 0 Å². The van der Waals surface area contributed by atoms with Crippen LogP contribution in [0.4, 0.5) is 0 Å². The predicted molar refractivity (Wildman–Crippen MR) is 61.0 cm³/mol. The Balaban J connectivity index is 1.96. The lowest BCUT2D eigenvalue weighted by Crippen LogP contribution is -1.80. The van der Waals surface area contributed by atoms with Crippen LogP contribution in [0.1, 0.15) is 0 Å². The van der Waals surface area contributed by atoms with E-state index in [4.69, 9.17) is 9.29 Å². The zero-order valence-corrected chi connectivity index (χ0v) is 8.78. The number of aromatic hydroxyl groups is 1. The quantitative estimate of drug-likeness (QED) is 0.800. The molecule has 0 atom stereocenters. The third-order valence-corrected chi connectivity index (χ3v) is 2.55. The van der Waals surface area contributed by atoms with E-state index in [0.717, 1.165) is 10.6 Å². The van der Waals surface area contributed by atoms with Crippen LogP contribution in [0.5, 0.6) is 11.5 Å². The number of benzene rings is 2. The Bertz CT molecular complexity index is 411. The van der Waals surface area contributed by atoms with Gasteiger partial charge in [-0.15, -0.1) is 0 Å². The Labute approximate surface area is 92.7 Å². The monoisotopic (exact) mass is 218 g/mol. The summed E-state index contributed by atoms with van der Waals surface area (Å²) in [4.78, 5) is 0.955. The summed E-state index contributed by atoms with van der Waals surface area (Å²) in [7, 11) is 0. The minimum Gasteiger partial charge on any atom is -0.508 e. The van der Waals surface area contributed by atoms with E-state index in [2.05, 4.69) is 0 Å². The average Bonchev–Trinajstić information content (AvgIpc) is 2.30. The van der Waals surface area contributed by atoms with E-state index in [1.165, 1.54) is 12.0 Å². The summed E-state index contributed by atoms with van der Waals surface area (Å²) in [5.74, 6) is 1.08. The third-order valence-electron chi connectivity index (χ3n) is 1.81. The van der Waals surface area contributed by atoms with Gasteiger partial charge in [-0.25, -0.2) is 0 Å². The second-order valence-electron chi connectivity index (χ2n) is 2.97. The molecule has 2 aromatic rings. The summed E-state index contributed by atoms with van der Waals surface area (Å²) in [5, 5.41) is 9.09. The van der Waals surface area contributed by atoms with Crippen LogP contribution in [0.3, 0.4) is 0 Å². The molecule has 0 radical (unpaired) electrons. The van der Waals surface area contributed by atoms with E-state index < -0.39 is 0 Å². The first-order chi connectivity index (χ1) is 7.34. The molecule has 0 amide bonds. The zero-order chi connectivity index (χ0) is 10.5. The average molecular weight is 218 g/mol. The molecule has 0 unspecified atom stereocenters. The fourth-order valence-corrected chi connectivity index (χ4v) is 1.62. The second kappa shape index (κ2) is 4.75. The largest absolute Gasteiger partial charge is 0.508 e. The molecule has 0 bridgehead atoms. The van der Waals surface area contributed by atoms with Gasteiger partial charge in [-0.2, -0.15) is 0 Å². The molecule has 2 aromatic carbocycles. The van der Waals surface area contributed by atoms with E-state index in [9.17, 15) is 0 Å². The van der Waals surface area contributed by atoms with Crippen LogP contribution < -0.4 is 4.18 Å². The fourth-order valence-electron chi connectivity index (χ4n) is 1.07. The predicted octanol–water partition coefficient (Wildman–Crippen LogP) is 3.48. The molecule has 0 saturated carbocycles. The first-order valence-electron chi connectivity index (χ1n) is 4.53. The molecule has 0 aliphatic heterocycles. The van der Waals surface area contributed by atoms with Crippen molar-refractivity contribution in [1.29, 1.82) is 0 Å². The Morgan fingerprint density at radius 3 is 2.20 bits per heavy atom. The highest BCUT2D eigenvalue weighted by atomic mass is 32.2. The second-order valence-corrected chi connectivity index (χ2v) is 3.78. The first-order valence-corrected chi connectivity index (χ1v) is 5.27. The van der Waals surface area contributed by atoms with Gasteiger partial charge >= 0.3 is 0 Å². The maximum Gasteiger partial charge on any atom is 0.137 e. The molecule has 0 fully saturated rings. The molecular weight excluding hydrogens is 208 g/mol. The van der Waals surface area contributed by atoms with Crippen molar-refractivity contribution in [3.8, 4) is 11.5 Å². The lowest BCUT2D eigenvalue weighted by atomic mass is 10.3. The van der Waals surface area contributed by atoms with Crippen LogP contribution in [0.2, 0.25) is 0 Å². The summed E-state index contributed by atoms with van der Waals surface area (Å²) in [6.45, 7) is 0. The Morgan fingerprint density at radius 2 is 1.53 bits per heavy atom. The fraction of sp³-hybridized carbons (Fsp3) is 0. The van der Waals surface area contributed by atoms with Crippen LogP contribution >= 0.6 is 12.0 Å². The van der Waals surface area contributed by atoms with Crippen molar-refractivity contribution in [3.05, 3.63) is 54.6 Å². The summed E-state index contributed by atoms with van der Waals surface area (Å²) in [5.41, 5.74) is 0. The van der Waals surface area contributed by atoms with Gasteiger partial charge in [0.1, 0.15) is 11.5 Å². The van der Waals surface area contributed by atoms with Crippen molar-refractivity contribution in [3.63, 3.8) is 0 Å². The Kier molecular flexibility index (Phi) is 3.15. The first kappa shape index (κ1) is 9.93. The molecule has 2 nitrogen and oxygen atoms in total. The van der Waals surface area contributed by atoms with Crippen LogP contribution in [0.25, 0.3) is 0 Å². The number of hydrogen-bond acceptors (Lipinski definition) is 3.